The summed E-state index contributed by atoms with van der Waals surface area (Å²) in [6, 6.07) is 13.8. The smallest absolute Gasteiger partial charge is 0.326 e. The number of likely N-dealkylation sites (N-methyl/N-ethyl adjacent to an activating group) is 1. The number of Topliss-reactive ketones (excluding diaryl/α,β-unsaturated/α-hetero) is 3. The molecule has 0 aliphatic carbocycles. The highest BCUT2D eigenvalue weighted by atomic mass is 16.5. The van der Waals surface area contributed by atoms with Crippen molar-refractivity contribution in [1.82, 2.24) is 36.0 Å². The van der Waals surface area contributed by atoms with Crippen molar-refractivity contribution in [3.63, 3.8) is 0 Å². The fraction of sp³-hybridized carbons (Fsp3) is 0.528. The van der Waals surface area contributed by atoms with Crippen LogP contribution in [0.15, 0.2) is 60.7 Å². The van der Waals surface area contributed by atoms with E-state index in [9.17, 15) is 72.5 Å². The van der Waals surface area contributed by atoms with Gasteiger partial charge >= 0.3 is 23.9 Å². The van der Waals surface area contributed by atoms with E-state index in [2.05, 4.69) is 26.0 Å². The standard InChI is InChI=1S/C53H73N7O20/c1-2-58(32-77-34-61)22-23-59(31-50(71)72)24-25-60(33-78-35-62)30-42(66)28-40(26-38-10-5-3-6-11-38)51(73)55-45(27-39-12-7-4-8-13-39)46(67)29-43(79-36-63)16-18-47(68)54-21-9-14-41(65)15-17-44(52(74)75)56-53(76)57-48(80-37-64)19-20-49(69)70/h3-8,10-13,34-37,40,43-45,48H,2,9,14-33H2,1H3,(H,54,68)(H,55,73)(H,69,70)(H,71,72)(H,74,75)(H2,56,57,76)/t40?,43-,44-,45?,48+/m0/s1. The maximum absolute atomic E-state index is 14.4. The summed E-state index contributed by atoms with van der Waals surface area (Å²) in [4.78, 5) is 164. The summed E-state index contributed by atoms with van der Waals surface area (Å²) in [6.45, 7) is 2.84. The number of carboxylic acid groups (broad SMARTS) is 3. The number of carbonyl (C=O) groups is 13. The zero-order chi connectivity index (χ0) is 59.1. The molecule has 27 nitrogen and oxygen atoms in total. The van der Waals surface area contributed by atoms with E-state index in [1.54, 1.807) is 70.5 Å². The summed E-state index contributed by atoms with van der Waals surface area (Å²) >= 11 is 0. The summed E-state index contributed by atoms with van der Waals surface area (Å²) in [5.41, 5.74) is 1.37. The second-order valence-electron chi connectivity index (χ2n) is 18.4. The van der Waals surface area contributed by atoms with Crippen LogP contribution < -0.4 is 21.3 Å². The van der Waals surface area contributed by atoms with Crippen molar-refractivity contribution in [2.24, 2.45) is 5.92 Å². The van der Waals surface area contributed by atoms with E-state index < -0.39 is 90.5 Å². The minimum Gasteiger partial charge on any atom is -0.481 e. The molecule has 440 valence electrons. The Hall–Kier alpha value is -8.17. The van der Waals surface area contributed by atoms with Crippen LogP contribution in [0.1, 0.15) is 82.3 Å². The summed E-state index contributed by atoms with van der Waals surface area (Å²) in [7, 11) is 0. The van der Waals surface area contributed by atoms with Gasteiger partial charge in [-0.2, -0.15) is 0 Å². The van der Waals surface area contributed by atoms with E-state index in [1.165, 1.54) is 4.90 Å². The highest BCUT2D eigenvalue weighted by Gasteiger charge is 2.31. The molecular weight excluding hydrogens is 1050 g/mol. The van der Waals surface area contributed by atoms with Crippen LogP contribution >= 0.6 is 0 Å². The molecule has 7 N–H and O–H groups in total. The van der Waals surface area contributed by atoms with E-state index in [1.807, 2.05) is 6.92 Å². The second kappa shape index (κ2) is 40.1. The molecule has 5 atom stereocenters. The maximum Gasteiger partial charge on any atom is 0.326 e. The molecule has 0 aromatic heterocycles. The first-order valence-electron chi connectivity index (χ1n) is 25.8. The number of carbonyl (C=O) groups excluding carboxylic acids is 10. The molecule has 2 aromatic carbocycles. The lowest BCUT2D eigenvalue weighted by atomic mass is 9.91. The number of ether oxygens (including phenoxy) is 4. The Morgan fingerprint density at radius 2 is 1.18 bits per heavy atom. The predicted octanol–water partition coefficient (Wildman–Crippen LogP) is 0.447. The first-order chi connectivity index (χ1) is 38.4. The molecule has 0 radical (unpaired) electrons. The van der Waals surface area contributed by atoms with Gasteiger partial charge in [0.05, 0.1) is 25.6 Å². The second-order valence-corrected chi connectivity index (χ2v) is 18.4. The van der Waals surface area contributed by atoms with Crippen LogP contribution in [-0.2, 0) is 89.3 Å². The van der Waals surface area contributed by atoms with Crippen molar-refractivity contribution in [3.8, 4) is 0 Å². The van der Waals surface area contributed by atoms with Crippen LogP contribution in [0.5, 0.6) is 0 Å². The quantitative estimate of drug-likeness (QED) is 0.0205. The SMILES string of the molecule is CCN(CCN(CCN(COC=O)CC(=O)CC(Cc1ccccc1)C(=O)NC(Cc1ccccc1)C(=O)C[C@H](CCC(=O)NCCCC(=O)CC[C@H](NC(=O)N[C@@H](CCC(=O)O)OC=O)C(=O)O)OC=O)CC(=O)O)COC=O. The number of urea groups is 1. The number of nitrogens with zero attached hydrogens (tertiary/aromatic N) is 3. The van der Waals surface area contributed by atoms with Crippen molar-refractivity contribution in [1.29, 1.82) is 0 Å². The number of amides is 4. The number of hydrogen-bond acceptors (Lipinski definition) is 20. The van der Waals surface area contributed by atoms with Gasteiger partial charge in [0.25, 0.3) is 25.9 Å². The van der Waals surface area contributed by atoms with E-state index in [-0.39, 0.29) is 142 Å². The molecule has 0 saturated heterocycles. The molecule has 80 heavy (non-hydrogen) atoms. The normalized spacial score (nSPS) is 12.8. The highest BCUT2D eigenvalue weighted by Crippen LogP contribution is 2.18. The van der Waals surface area contributed by atoms with Crippen LogP contribution in [0.2, 0.25) is 0 Å². The molecule has 0 spiro atoms. The molecule has 2 rings (SSSR count). The van der Waals surface area contributed by atoms with Gasteiger partial charge in [-0.05, 0) is 49.8 Å². The van der Waals surface area contributed by atoms with Gasteiger partial charge in [-0.3, -0.25) is 67.4 Å². The minimum atomic E-state index is -1.53. The first kappa shape index (κ1) is 67.9. The molecule has 4 amide bonds. The largest absolute Gasteiger partial charge is 0.481 e. The number of carboxylic acids is 3. The van der Waals surface area contributed by atoms with Gasteiger partial charge in [0, 0.05) is 77.2 Å². The molecule has 0 bridgehead atoms. The Labute approximate surface area is 462 Å². The van der Waals surface area contributed by atoms with Crippen molar-refractivity contribution in [3.05, 3.63) is 71.8 Å². The Bertz CT molecular complexity index is 2290. The van der Waals surface area contributed by atoms with E-state index in [4.69, 9.17) is 19.3 Å². The topological polar surface area (TPSA) is 377 Å². The third-order valence-electron chi connectivity index (χ3n) is 12.3. The van der Waals surface area contributed by atoms with Crippen molar-refractivity contribution in [2.75, 3.05) is 65.8 Å². The zero-order valence-corrected chi connectivity index (χ0v) is 44.6. The third kappa shape index (κ3) is 30.7. The fourth-order valence-electron chi connectivity index (χ4n) is 8.02. The molecule has 0 aliphatic heterocycles. The maximum atomic E-state index is 14.4. The van der Waals surface area contributed by atoms with Crippen LogP contribution in [0.25, 0.3) is 0 Å². The molecule has 2 aromatic rings. The molecule has 27 heteroatoms. The fourth-order valence-corrected chi connectivity index (χ4v) is 8.02. The van der Waals surface area contributed by atoms with Gasteiger partial charge in [-0.1, -0.05) is 67.6 Å². The Morgan fingerprint density at radius 1 is 0.575 bits per heavy atom. The van der Waals surface area contributed by atoms with Gasteiger partial charge in [-0.15, -0.1) is 0 Å². The zero-order valence-electron chi connectivity index (χ0n) is 44.6. The minimum absolute atomic E-state index is 0.00495. The van der Waals surface area contributed by atoms with Gasteiger partial charge in [0.1, 0.15) is 37.2 Å². The molecule has 0 heterocycles. The summed E-state index contributed by atoms with van der Waals surface area (Å²) < 4.78 is 19.6. The number of rotatable bonds is 48. The van der Waals surface area contributed by atoms with Crippen molar-refractivity contribution in [2.45, 2.75) is 108 Å². The summed E-state index contributed by atoms with van der Waals surface area (Å²) in [5.74, 6) is -7.35. The number of aliphatic carboxylic acids is 3. The molecule has 0 aliphatic rings. The van der Waals surface area contributed by atoms with Crippen molar-refractivity contribution >= 4 is 79.0 Å². The van der Waals surface area contributed by atoms with Gasteiger partial charge < -0.3 is 55.5 Å². The molecular formula is C53H73N7O20. The highest BCUT2D eigenvalue weighted by molar-refractivity contribution is 5.93. The lowest BCUT2D eigenvalue weighted by molar-refractivity contribution is -0.141. The van der Waals surface area contributed by atoms with Crippen LogP contribution in [0, 0.1) is 5.92 Å². The monoisotopic (exact) mass is 1130 g/mol. The predicted molar refractivity (Wildman–Crippen MR) is 279 cm³/mol. The summed E-state index contributed by atoms with van der Waals surface area (Å²) in [5, 5.41) is 37.7. The van der Waals surface area contributed by atoms with Gasteiger partial charge in [0.2, 0.25) is 11.8 Å². The van der Waals surface area contributed by atoms with E-state index in [0.717, 1.165) is 0 Å². The van der Waals surface area contributed by atoms with Crippen LogP contribution in [0.3, 0.4) is 0 Å². The van der Waals surface area contributed by atoms with E-state index in [0.29, 0.717) is 30.7 Å². The third-order valence-corrected chi connectivity index (χ3v) is 12.3. The Morgan fingerprint density at radius 3 is 1.75 bits per heavy atom. The Balaban J connectivity index is 2.11. The number of benzene rings is 2. The van der Waals surface area contributed by atoms with Crippen LogP contribution in [0.4, 0.5) is 4.79 Å². The number of nitrogens with one attached hydrogen (secondary N) is 4. The van der Waals surface area contributed by atoms with Gasteiger partial charge in [0.15, 0.2) is 12.0 Å². The first-order valence-corrected chi connectivity index (χ1v) is 25.8. The summed E-state index contributed by atoms with van der Waals surface area (Å²) in [6.07, 6.45) is -4.71. The van der Waals surface area contributed by atoms with E-state index >= 15 is 0 Å². The van der Waals surface area contributed by atoms with Crippen molar-refractivity contribution < 1.29 is 96.6 Å². The number of ketones is 3. The lowest BCUT2D eigenvalue weighted by Gasteiger charge is -2.28. The molecule has 0 saturated carbocycles. The Kier molecular flexibility index (Phi) is 34.0. The average molecular weight is 1130 g/mol. The molecule has 2 unspecified atom stereocenters. The lowest BCUT2D eigenvalue weighted by Crippen LogP contribution is -2.49. The number of hydrogen-bond donors (Lipinski definition) is 7. The van der Waals surface area contributed by atoms with Gasteiger partial charge in [-0.25, -0.2) is 9.59 Å². The average Bonchev–Trinajstić information content (AvgIpc) is 3.42. The molecule has 0 fully saturated rings. The van der Waals surface area contributed by atoms with Crippen LogP contribution in [-0.4, -0.2) is 199 Å².